The minimum atomic E-state index is -1.40. The van der Waals surface area contributed by atoms with Crippen LogP contribution in [0.4, 0.5) is 4.79 Å². The Morgan fingerprint density at radius 2 is 1.68 bits per heavy atom. The number of nitrogens with two attached hydrogens (primary N) is 1. The molecule has 0 aromatic heterocycles. The Morgan fingerprint density at radius 3 is 2.11 bits per heavy atom. The second kappa shape index (κ2) is 10.4. The van der Waals surface area contributed by atoms with Gasteiger partial charge >= 0.3 is 6.09 Å². The number of nitrogens with one attached hydrogen (secondary N) is 1. The van der Waals surface area contributed by atoms with Gasteiger partial charge in [0.15, 0.2) is 5.78 Å². The first kappa shape index (κ1) is 30.4. The zero-order valence-electron chi connectivity index (χ0n) is 24.6. The van der Waals surface area contributed by atoms with E-state index in [-0.39, 0.29) is 28.9 Å². The van der Waals surface area contributed by atoms with Crippen molar-refractivity contribution < 1.29 is 29.0 Å². The van der Waals surface area contributed by atoms with Crippen LogP contribution in [0.1, 0.15) is 100 Å². The summed E-state index contributed by atoms with van der Waals surface area (Å²) in [5, 5.41) is 13.3. The lowest BCUT2D eigenvalue weighted by Gasteiger charge is -2.36. The number of aliphatic hydroxyl groups excluding tert-OH is 1. The molecule has 3 unspecified atom stereocenters. The number of carbonyl (C=O) groups is 4. The van der Waals surface area contributed by atoms with Gasteiger partial charge in [-0.25, -0.2) is 4.79 Å². The molecule has 5 atom stereocenters. The standard InChI is InChI=1S/C29H49N3O6/c1-26(2,3)22(31-25(37)38-27(4,5)6)24(36)32-16-29(15-28(29,7)8)14-19(32)20(33)13-18(21(34)23(30)35)12-17-10-9-11-17/h17-19,21-22,34H,9-16H2,1-8H3,(H2,30,35)(H,31,37)/t18?,19-,21?,22+,29?/m0/s1. The van der Waals surface area contributed by atoms with Gasteiger partial charge in [-0.3, -0.25) is 14.4 Å². The molecule has 216 valence electrons. The van der Waals surface area contributed by atoms with Gasteiger partial charge in [0.25, 0.3) is 0 Å². The fourth-order valence-corrected chi connectivity index (χ4v) is 6.27. The van der Waals surface area contributed by atoms with Crippen molar-refractivity contribution in [1.82, 2.24) is 10.2 Å². The number of ether oxygens (including phenoxy) is 1. The lowest BCUT2D eigenvalue weighted by molar-refractivity contribution is -0.142. The van der Waals surface area contributed by atoms with E-state index in [1.54, 1.807) is 25.7 Å². The van der Waals surface area contributed by atoms with E-state index in [1.807, 2.05) is 20.8 Å². The Balaban J connectivity index is 1.85. The smallest absolute Gasteiger partial charge is 0.408 e. The van der Waals surface area contributed by atoms with Gasteiger partial charge in [-0.1, -0.05) is 53.9 Å². The van der Waals surface area contributed by atoms with Gasteiger partial charge in [-0.2, -0.15) is 0 Å². The molecule has 2 saturated carbocycles. The summed E-state index contributed by atoms with van der Waals surface area (Å²) in [6.07, 6.45) is 3.07. The van der Waals surface area contributed by atoms with E-state index >= 15 is 0 Å². The number of hydrogen-bond donors (Lipinski definition) is 3. The van der Waals surface area contributed by atoms with Crippen molar-refractivity contribution in [3.05, 3.63) is 0 Å². The van der Waals surface area contributed by atoms with E-state index in [1.165, 1.54) is 0 Å². The van der Waals surface area contributed by atoms with Crippen molar-refractivity contribution in [1.29, 1.82) is 0 Å². The monoisotopic (exact) mass is 535 g/mol. The molecule has 3 aliphatic rings. The number of nitrogens with zero attached hydrogens (tertiary/aromatic N) is 1. The van der Waals surface area contributed by atoms with Crippen LogP contribution in [0.5, 0.6) is 0 Å². The van der Waals surface area contributed by atoms with Gasteiger partial charge in [-0.05, 0) is 62.2 Å². The van der Waals surface area contributed by atoms with Gasteiger partial charge in [0, 0.05) is 18.9 Å². The number of Topliss-reactive ketones (excluding diaryl/α,β-unsaturated/α-hetero) is 1. The normalized spacial score (nSPS) is 27.3. The maximum atomic E-state index is 14.1. The molecule has 2 aliphatic carbocycles. The van der Waals surface area contributed by atoms with E-state index in [4.69, 9.17) is 10.5 Å². The molecule has 1 aliphatic heterocycles. The topological polar surface area (TPSA) is 139 Å². The third-order valence-corrected chi connectivity index (χ3v) is 9.02. The molecule has 4 N–H and O–H groups in total. The lowest BCUT2D eigenvalue weighted by atomic mass is 9.75. The second-order valence-electron chi connectivity index (χ2n) is 14.8. The summed E-state index contributed by atoms with van der Waals surface area (Å²) in [4.78, 5) is 54.1. The largest absolute Gasteiger partial charge is 0.444 e. The first-order valence-electron chi connectivity index (χ1n) is 14.1. The average molecular weight is 536 g/mol. The minimum Gasteiger partial charge on any atom is -0.444 e. The van der Waals surface area contributed by atoms with Crippen molar-refractivity contribution in [2.24, 2.45) is 33.8 Å². The first-order valence-corrected chi connectivity index (χ1v) is 14.1. The van der Waals surface area contributed by atoms with E-state index < -0.39 is 47.1 Å². The van der Waals surface area contributed by atoms with E-state index in [2.05, 4.69) is 19.2 Å². The molecular weight excluding hydrogens is 486 g/mol. The summed E-state index contributed by atoms with van der Waals surface area (Å²) in [5.41, 5.74) is 3.90. The highest BCUT2D eigenvalue weighted by Gasteiger charge is 2.67. The second-order valence-corrected chi connectivity index (χ2v) is 14.8. The molecule has 0 aromatic rings. The number of alkyl carbamates (subject to hydrolysis) is 1. The van der Waals surface area contributed by atoms with Crippen molar-refractivity contribution in [2.45, 2.75) is 124 Å². The molecule has 1 heterocycles. The third-order valence-electron chi connectivity index (χ3n) is 9.02. The number of ketones is 1. The van der Waals surface area contributed by atoms with Gasteiger partial charge in [0.1, 0.15) is 17.7 Å². The summed E-state index contributed by atoms with van der Waals surface area (Å²) in [5.74, 6) is -1.49. The van der Waals surface area contributed by atoms with E-state index in [0.29, 0.717) is 25.3 Å². The van der Waals surface area contributed by atoms with Crippen molar-refractivity contribution in [3.63, 3.8) is 0 Å². The number of primary amides is 1. The number of amides is 3. The molecule has 9 heteroatoms. The number of rotatable bonds is 9. The van der Waals surface area contributed by atoms with Crippen LogP contribution in [-0.2, 0) is 19.1 Å². The Bertz CT molecular complexity index is 945. The number of aliphatic hydroxyl groups is 1. The van der Waals surface area contributed by atoms with Crippen molar-refractivity contribution in [3.8, 4) is 0 Å². The van der Waals surface area contributed by atoms with Gasteiger partial charge in [0.05, 0.1) is 6.04 Å². The Kier molecular flexibility index (Phi) is 8.34. The Labute approximate surface area is 227 Å². The maximum absolute atomic E-state index is 14.1. The summed E-state index contributed by atoms with van der Waals surface area (Å²) in [7, 11) is 0. The lowest BCUT2D eigenvalue weighted by Crippen LogP contribution is -2.57. The molecular formula is C29H49N3O6. The number of hydrogen-bond acceptors (Lipinski definition) is 6. The van der Waals surface area contributed by atoms with Crippen LogP contribution in [-0.4, -0.2) is 64.0 Å². The summed E-state index contributed by atoms with van der Waals surface area (Å²) in [6.45, 7) is 15.6. The quantitative estimate of drug-likeness (QED) is 0.413. The first-order chi connectivity index (χ1) is 17.3. The summed E-state index contributed by atoms with van der Waals surface area (Å²) < 4.78 is 5.43. The van der Waals surface area contributed by atoms with Crippen LogP contribution in [0, 0.1) is 28.1 Å². The van der Waals surface area contributed by atoms with Gasteiger partial charge < -0.3 is 25.8 Å². The van der Waals surface area contributed by atoms with Gasteiger partial charge in [0.2, 0.25) is 11.8 Å². The van der Waals surface area contributed by atoms with E-state index in [0.717, 1.165) is 25.7 Å². The highest BCUT2D eigenvalue weighted by atomic mass is 16.6. The van der Waals surface area contributed by atoms with Crippen LogP contribution in [0.2, 0.25) is 0 Å². The predicted molar refractivity (Wildman–Crippen MR) is 144 cm³/mol. The molecule has 0 radical (unpaired) electrons. The van der Waals surface area contributed by atoms with Crippen LogP contribution in [0.15, 0.2) is 0 Å². The van der Waals surface area contributed by atoms with Crippen LogP contribution >= 0.6 is 0 Å². The minimum absolute atomic E-state index is 0.00550. The molecule has 3 amide bonds. The van der Waals surface area contributed by atoms with Crippen molar-refractivity contribution in [2.75, 3.05) is 6.54 Å². The average Bonchev–Trinajstić information content (AvgIpc) is 3.05. The van der Waals surface area contributed by atoms with Gasteiger partial charge in [-0.15, -0.1) is 0 Å². The van der Waals surface area contributed by atoms with Crippen LogP contribution < -0.4 is 11.1 Å². The molecule has 0 bridgehead atoms. The number of likely N-dealkylation sites (tertiary alicyclic amines) is 1. The SMILES string of the molecule is CC(C)(C)OC(=O)N[C@H](C(=O)N1CC2(C[C@H]1C(=O)CC(CC1CCC1)C(O)C(N)=O)CC2(C)C)C(C)(C)C. The highest BCUT2D eigenvalue weighted by Crippen LogP contribution is 2.69. The van der Waals surface area contributed by atoms with Crippen LogP contribution in [0.25, 0.3) is 0 Å². The molecule has 3 fully saturated rings. The fraction of sp³-hybridized carbons (Fsp3) is 0.862. The molecule has 3 rings (SSSR count). The molecule has 0 aromatic carbocycles. The fourth-order valence-electron chi connectivity index (χ4n) is 6.27. The Hall–Kier alpha value is -2.16. The third kappa shape index (κ3) is 6.69. The van der Waals surface area contributed by atoms with Crippen LogP contribution in [0.3, 0.4) is 0 Å². The zero-order valence-corrected chi connectivity index (χ0v) is 24.6. The molecule has 1 spiro atoms. The maximum Gasteiger partial charge on any atom is 0.408 e. The zero-order chi connectivity index (χ0) is 28.8. The molecule has 38 heavy (non-hydrogen) atoms. The predicted octanol–water partition coefficient (Wildman–Crippen LogP) is 3.55. The van der Waals surface area contributed by atoms with E-state index in [9.17, 15) is 24.3 Å². The number of carbonyl (C=O) groups excluding carboxylic acids is 4. The summed E-state index contributed by atoms with van der Waals surface area (Å²) in [6, 6.07) is -1.58. The molecule has 1 saturated heterocycles. The molecule has 9 nitrogen and oxygen atoms in total. The Morgan fingerprint density at radius 1 is 1.11 bits per heavy atom. The van der Waals surface area contributed by atoms with Crippen molar-refractivity contribution >= 4 is 23.7 Å². The summed E-state index contributed by atoms with van der Waals surface area (Å²) >= 11 is 0. The highest BCUT2D eigenvalue weighted by molar-refractivity contribution is 5.94.